The molecule has 3 rings (SSSR count). The van der Waals surface area contributed by atoms with Crippen molar-refractivity contribution >= 4 is 33.3 Å². The van der Waals surface area contributed by atoms with Crippen LogP contribution in [0.5, 0.6) is 0 Å². The van der Waals surface area contributed by atoms with Crippen LogP contribution >= 0.6 is 21.6 Å². The lowest BCUT2D eigenvalue weighted by Gasteiger charge is -2.20. The standard InChI is InChI=1S/C19H23N3O5S2/c1-12(29-28-2)26-14-10-17(27-15(14)11-23)22-9-8-16(21-19(22)25)20-18(24)13-6-4-3-5-7-13/h3-9,12,14-15,17,23H,10-11H2,1-2H3,(H,20,21,24,25)/t12-,14-,15-,17-/m1/s1. The van der Waals surface area contributed by atoms with Crippen LogP contribution in [-0.2, 0) is 9.47 Å². The number of rotatable bonds is 8. The van der Waals surface area contributed by atoms with E-state index in [9.17, 15) is 14.7 Å². The number of nitrogens with zero attached hydrogens (tertiary/aromatic N) is 2. The molecule has 1 fully saturated rings. The van der Waals surface area contributed by atoms with Gasteiger partial charge in [-0.05, 0) is 31.4 Å². The maximum Gasteiger partial charge on any atom is 0.351 e. The zero-order valence-electron chi connectivity index (χ0n) is 16.1. The van der Waals surface area contributed by atoms with Gasteiger partial charge in [-0.25, -0.2) is 4.79 Å². The zero-order valence-corrected chi connectivity index (χ0v) is 17.7. The Labute approximate surface area is 176 Å². The highest BCUT2D eigenvalue weighted by Crippen LogP contribution is 2.33. The van der Waals surface area contributed by atoms with Crippen molar-refractivity contribution in [1.82, 2.24) is 9.55 Å². The van der Waals surface area contributed by atoms with Crippen molar-refractivity contribution in [2.24, 2.45) is 0 Å². The van der Waals surface area contributed by atoms with Crippen LogP contribution in [-0.4, -0.2) is 51.1 Å². The van der Waals surface area contributed by atoms with Gasteiger partial charge in [-0.1, -0.05) is 39.8 Å². The van der Waals surface area contributed by atoms with E-state index < -0.39 is 18.0 Å². The van der Waals surface area contributed by atoms with Crippen molar-refractivity contribution in [2.45, 2.75) is 37.2 Å². The number of aliphatic hydroxyl groups excluding tert-OH is 1. The molecule has 2 N–H and O–H groups in total. The summed E-state index contributed by atoms with van der Waals surface area (Å²) in [6.45, 7) is 1.73. The van der Waals surface area contributed by atoms with Crippen LogP contribution in [0.2, 0.25) is 0 Å². The number of carbonyl (C=O) groups excluding carboxylic acids is 1. The average Bonchev–Trinajstić information content (AvgIpc) is 3.11. The second-order valence-electron chi connectivity index (χ2n) is 6.38. The Morgan fingerprint density at radius 3 is 2.83 bits per heavy atom. The zero-order chi connectivity index (χ0) is 20.8. The predicted molar refractivity (Wildman–Crippen MR) is 114 cm³/mol. The fourth-order valence-corrected chi connectivity index (χ4v) is 4.47. The summed E-state index contributed by atoms with van der Waals surface area (Å²) in [4.78, 5) is 28.6. The Morgan fingerprint density at radius 2 is 2.17 bits per heavy atom. The largest absolute Gasteiger partial charge is 0.394 e. The topological polar surface area (TPSA) is 103 Å². The SMILES string of the molecule is CSS[C@H](C)O[C@@H]1C[C@H](n2ccc(NC(=O)c3ccccc3)nc2=O)O[C@@H]1CO. The Morgan fingerprint density at radius 1 is 1.41 bits per heavy atom. The molecule has 1 aromatic carbocycles. The smallest absolute Gasteiger partial charge is 0.351 e. The molecule has 0 radical (unpaired) electrons. The molecule has 8 nitrogen and oxygen atoms in total. The van der Waals surface area contributed by atoms with E-state index in [1.807, 2.05) is 19.2 Å². The van der Waals surface area contributed by atoms with E-state index in [2.05, 4.69) is 10.3 Å². The summed E-state index contributed by atoms with van der Waals surface area (Å²) in [7, 11) is 3.17. The van der Waals surface area contributed by atoms with Gasteiger partial charge < -0.3 is 19.9 Å². The molecule has 0 unspecified atom stereocenters. The van der Waals surface area contributed by atoms with Crippen LogP contribution in [0.1, 0.15) is 29.9 Å². The molecular weight excluding hydrogens is 414 g/mol. The average molecular weight is 438 g/mol. The summed E-state index contributed by atoms with van der Waals surface area (Å²) in [5.41, 5.74) is -0.151. The van der Waals surface area contributed by atoms with Crippen LogP contribution in [0.25, 0.3) is 0 Å². The molecule has 0 spiro atoms. The summed E-state index contributed by atoms with van der Waals surface area (Å²) in [5, 5.41) is 12.2. The summed E-state index contributed by atoms with van der Waals surface area (Å²) >= 11 is 0. The van der Waals surface area contributed by atoms with Crippen molar-refractivity contribution in [3.05, 3.63) is 58.6 Å². The van der Waals surface area contributed by atoms with E-state index in [0.29, 0.717) is 12.0 Å². The fraction of sp³-hybridized carbons (Fsp3) is 0.421. The highest BCUT2D eigenvalue weighted by atomic mass is 33.1. The first-order valence-electron chi connectivity index (χ1n) is 9.08. The van der Waals surface area contributed by atoms with Crippen molar-refractivity contribution < 1.29 is 19.4 Å². The minimum atomic E-state index is -0.595. The highest BCUT2D eigenvalue weighted by molar-refractivity contribution is 8.76. The number of hydrogen-bond donors (Lipinski definition) is 2. The molecule has 1 aliphatic heterocycles. The van der Waals surface area contributed by atoms with Gasteiger partial charge in [-0.2, -0.15) is 4.98 Å². The number of aliphatic hydroxyl groups is 1. The number of amides is 1. The lowest BCUT2D eigenvalue weighted by atomic mass is 10.2. The van der Waals surface area contributed by atoms with Gasteiger partial charge in [0.1, 0.15) is 23.6 Å². The molecule has 0 saturated carbocycles. The highest BCUT2D eigenvalue weighted by Gasteiger charge is 2.38. The second kappa shape index (κ2) is 10.3. The molecule has 0 aliphatic carbocycles. The van der Waals surface area contributed by atoms with E-state index >= 15 is 0 Å². The van der Waals surface area contributed by atoms with Crippen LogP contribution in [0.4, 0.5) is 5.82 Å². The van der Waals surface area contributed by atoms with Gasteiger partial charge in [-0.3, -0.25) is 9.36 Å². The van der Waals surface area contributed by atoms with E-state index in [-0.39, 0.29) is 29.9 Å². The molecule has 1 aliphatic rings. The molecule has 2 aromatic rings. The van der Waals surface area contributed by atoms with Gasteiger partial charge in [0.2, 0.25) is 0 Å². The number of aromatic nitrogens is 2. The van der Waals surface area contributed by atoms with Crippen molar-refractivity contribution in [2.75, 3.05) is 18.2 Å². The Kier molecular flexibility index (Phi) is 7.73. The first-order valence-corrected chi connectivity index (χ1v) is 11.7. The van der Waals surface area contributed by atoms with Gasteiger partial charge in [-0.15, -0.1) is 0 Å². The monoisotopic (exact) mass is 437 g/mol. The van der Waals surface area contributed by atoms with Crippen LogP contribution < -0.4 is 11.0 Å². The minimum absolute atomic E-state index is 0.0724. The lowest BCUT2D eigenvalue weighted by molar-refractivity contribution is -0.0645. The summed E-state index contributed by atoms with van der Waals surface area (Å²) in [6.07, 6.45) is 2.46. The number of anilines is 1. The summed E-state index contributed by atoms with van der Waals surface area (Å²) in [6, 6.07) is 10.2. The third-order valence-electron chi connectivity index (χ3n) is 4.38. The molecule has 1 aromatic heterocycles. The summed E-state index contributed by atoms with van der Waals surface area (Å²) < 4.78 is 13.1. The number of hydrogen-bond acceptors (Lipinski definition) is 8. The lowest BCUT2D eigenvalue weighted by Crippen LogP contribution is -2.30. The van der Waals surface area contributed by atoms with Gasteiger partial charge in [0.05, 0.1) is 12.7 Å². The number of benzene rings is 1. The predicted octanol–water partition coefficient (Wildman–Crippen LogP) is 2.52. The van der Waals surface area contributed by atoms with E-state index in [1.54, 1.807) is 51.9 Å². The molecule has 4 atom stereocenters. The van der Waals surface area contributed by atoms with Crippen LogP contribution in [0.15, 0.2) is 47.4 Å². The van der Waals surface area contributed by atoms with E-state index in [0.717, 1.165) is 0 Å². The normalized spacial score (nSPS) is 22.4. The van der Waals surface area contributed by atoms with Crippen molar-refractivity contribution in [1.29, 1.82) is 0 Å². The van der Waals surface area contributed by atoms with E-state index in [1.165, 1.54) is 10.8 Å². The number of ether oxygens (including phenoxy) is 2. The van der Waals surface area contributed by atoms with Crippen molar-refractivity contribution in [3.8, 4) is 0 Å². The number of carbonyl (C=O) groups is 1. The number of nitrogens with one attached hydrogen (secondary N) is 1. The molecular formula is C19H23N3O5S2. The van der Waals surface area contributed by atoms with Gasteiger partial charge >= 0.3 is 5.69 Å². The minimum Gasteiger partial charge on any atom is -0.394 e. The van der Waals surface area contributed by atoms with Gasteiger partial charge in [0, 0.05) is 18.2 Å². The van der Waals surface area contributed by atoms with Crippen LogP contribution in [0, 0.1) is 0 Å². The Bertz CT molecular complexity index is 880. The maximum absolute atomic E-state index is 12.5. The Hall–Kier alpha value is -1.85. The van der Waals surface area contributed by atoms with Gasteiger partial charge in [0.25, 0.3) is 5.91 Å². The van der Waals surface area contributed by atoms with Gasteiger partial charge in [0.15, 0.2) is 0 Å². The summed E-state index contributed by atoms with van der Waals surface area (Å²) in [5.74, 6) is -0.184. The van der Waals surface area contributed by atoms with Crippen LogP contribution in [0.3, 0.4) is 0 Å². The fourth-order valence-electron chi connectivity index (χ4n) is 3.06. The molecule has 1 amide bonds. The molecule has 0 bridgehead atoms. The maximum atomic E-state index is 12.5. The molecule has 29 heavy (non-hydrogen) atoms. The quantitative estimate of drug-likeness (QED) is 0.480. The first kappa shape index (κ1) is 21.8. The molecule has 10 heteroatoms. The van der Waals surface area contributed by atoms with Crippen molar-refractivity contribution in [3.63, 3.8) is 0 Å². The Balaban J connectivity index is 1.68. The third kappa shape index (κ3) is 5.61. The molecule has 1 saturated heterocycles. The molecule has 2 heterocycles. The van der Waals surface area contributed by atoms with E-state index in [4.69, 9.17) is 9.47 Å². The first-order chi connectivity index (χ1) is 14.0. The second-order valence-corrected chi connectivity index (χ2v) is 9.14. The third-order valence-corrected chi connectivity index (χ3v) is 6.34. The molecule has 156 valence electrons.